The van der Waals surface area contributed by atoms with Crippen molar-refractivity contribution in [3.8, 4) is 5.75 Å². The van der Waals surface area contributed by atoms with Crippen molar-refractivity contribution in [2.24, 2.45) is 0 Å². The smallest absolute Gasteiger partial charge is 0.197 e. The third kappa shape index (κ3) is 2.70. The highest BCUT2D eigenvalue weighted by molar-refractivity contribution is 7.11. The molecule has 1 aromatic heterocycles. The Labute approximate surface area is 113 Å². The van der Waals surface area contributed by atoms with Gasteiger partial charge in [-0.25, -0.2) is 0 Å². The minimum absolute atomic E-state index is 0.520. The topological polar surface area (TPSA) is 54.6 Å². The van der Waals surface area contributed by atoms with Crippen LogP contribution in [0.5, 0.6) is 5.75 Å². The second-order valence-corrected chi connectivity index (χ2v) is 5.57. The van der Waals surface area contributed by atoms with Crippen molar-refractivity contribution in [3.05, 3.63) is 0 Å². The average molecular weight is 270 g/mol. The van der Waals surface area contributed by atoms with Crippen molar-refractivity contribution in [1.82, 2.24) is 9.27 Å². The van der Waals surface area contributed by atoms with Gasteiger partial charge < -0.3 is 20.3 Å². The first-order valence-corrected chi connectivity index (χ1v) is 7.20. The molecule has 0 amide bonds. The molecule has 1 saturated heterocycles. The molecule has 1 aromatic rings. The van der Waals surface area contributed by atoms with Crippen LogP contribution in [0.25, 0.3) is 0 Å². The van der Waals surface area contributed by atoms with E-state index in [1.165, 1.54) is 24.4 Å². The number of hydrogen-bond acceptors (Lipinski definition) is 6. The summed E-state index contributed by atoms with van der Waals surface area (Å²) in [4.78, 5) is 4.65. The molecule has 5 nitrogen and oxygen atoms in total. The lowest BCUT2D eigenvalue weighted by atomic mass is 10.0. The Balaban J connectivity index is 2.05. The van der Waals surface area contributed by atoms with Crippen LogP contribution in [0.1, 0.15) is 19.8 Å². The molecule has 1 aliphatic rings. The summed E-state index contributed by atoms with van der Waals surface area (Å²) in [5, 5.41) is 1.09. The molecule has 0 aliphatic carbocycles. The Morgan fingerprint density at radius 3 is 2.67 bits per heavy atom. The van der Waals surface area contributed by atoms with Crippen LogP contribution >= 0.6 is 11.5 Å². The van der Waals surface area contributed by atoms with Gasteiger partial charge in [0, 0.05) is 19.1 Å². The first kappa shape index (κ1) is 13.4. The summed E-state index contributed by atoms with van der Waals surface area (Å²) in [5.74, 6) is 1.29. The molecule has 0 saturated carbocycles. The molecule has 2 heterocycles. The molecule has 1 aliphatic heterocycles. The number of nitrogens with zero attached hydrogens (tertiary/aromatic N) is 3. The monoisotopic (exact) mass is 270 g/mol. The van der Waals surface area contributed by atoms with Gasteiger partial charge in [0.1, 0.15) is 0 Å². The number of hydrogen-bond donors (Lipinski definition) is 1. The SMILES string of the molecule is CCOc1c(N)nsc1N1CCC(N(C)C)CC1. The summed E-state index contributed by atoms with van der Waals surface area (Å²) in [6.45, 7) is 4.69. The van der Waals surface area contributed by atoms with Gasteiger partial charge in [-0.3, -0.25) is 0 Å². The number of ether oxygens (including phenoxy) is 1. The lowest BCUT2D eigenvalue weighted by Gasteiger charge is -2.35. The van der Waals surface area contributed by atoms with Crippen molar-refractivity contribution in [3.63, 3.8) is 0 Å². The first-order valence-electron chi connectivity index (χ1n) is 6.42. The van der Waals surface area contributed by atoms with Gasteiger partial charge >= 0.3 is 0 Å². The third-order valence-corrected chi connectivity index (χ3v) is 4.33. The lowest BCUT2D eigenvalue weighted by Crippen LogP contribution is -2.41. The van der Waals surface area contributed by atoms with Crippen molar-refractivity contribution < 1.29 is 4.74 Å². The van der Waals surface area contributed by atoms with Gasteiger partial charge in [-0.05, 0) is 45.4 Å². The fourth-order valence-electron chi connectivity index (χ4n) is 2.35. The second-order valence-electron chi connectivity index (χ2n) is 4.82. The maximum absolute atomic E-state index is 5.85. The number of nitrogen functional groups attached to an aromatic ring is 1. The van der Waals surface area contributed by atoms with Crippen molar-refractivity contribution in [2.75, 3.05) is 44.4 Å². The quantitative estimate of drug-likeness (QED) is 0.901. The molecule has 0 spiro atoms. The summed E-state index contributed by atoms with van der Waals surface area (Å²) in [6, 6.07) is 0.682. The van der Waals surface area contributed by atoms with Crippen LogP contribution in [0, 0.1) is 0 Å². The van der Waals surface area contributed by atoms with Gasteiger partial charge in [0.2, 0.25) is 0 Å². The average Bonchev–Trinajstić information content (AvgIpc) is 2.72. The van der Waals surface area contributed by atoms with E-state index in [1.807, 2.05) is 6.92 Å². The Morgan fingerprint density at radius 2 is 2.11 bits per heavy atom. The summed E-state index contributed by atoms with van der Waals surface area (Å²) >= 11 is 1.44. The van der Waals surface area contributed by atoms with E-state index in [2.05, 4.69) is 28.3 Å². The van der Waals surface area contributed by atoms with Crippen LogP contribution in [-0.4, -0.2) is 49.1 Å². The molecule has 6 heteroatoms. The number of rotatable bonds is 4. The largest absolute Gasteiger partial charge is 0.487 e. The third-order valence-electron chi connectivity index (χ3n) is 3.43. The highest BCUT2D eigenvalue weighted by Gasteiger charge is 2.25. The molecule has 2 rings (SSSR count). The maximum Gasteiger partial charge on any atom is 0.197 e. The van der Waals surface area contributed by atoms with Gasteiger partial charge in [0.05, 0.1) is 6.61 Å². The normalized spacial score (nSPS) is 17.4. The molecule has 0 unspecified atom stereocenters. The molecule has 0 atom stereocenters. The van der Waals surface area contributed by atoms with Crippen molar-refractivity contribution in [1.29, 1.82) is 0 Å². The summed E-state index contributed by atoms with van der Waals surface area (Å²) < 4.78 is 9.81. The highest BCUT2D eigenvalue weighted by Crippen LogP contribution is 2.39. The molecular weight excluding hydrogens is 248 g/mol. The van der Waals surface area contributed by atoms with E-state index in [1.54, 1.807) is 0 Å². The van der Waals surface area contributed by atoms with E-state index in [-0.39, 0.29) is 0 Å². The summed E-state index contributed by atoms with van der Waals surface area (Å²) in [7, 11) is 4.30. The zero-order valence-corrected chi connectivity index (χ0v) is 12.2. The first-order chi connectivity index (χ1) is 8.63. The molecule has 102 valence electrons. The van der Waals surface area contributed by atoms with Crippen LogP contribution in [0.15, 0.2) is 0 Å². The Kier molecular flexibility index (Phi) is 4.29. The van der Waals surface area contributed by atoms with E-state index in [9.17, 15) is 0 Å². The molecule has 1 fully saturated rings. The summed E-state index contributed by atoms with van der Waals surface area (Å²) in [5.41, 5.74) is 5.85. The maximum atomic E-state index is 5.85. The Morgan fingerprint density at radius 1 is 1.44 bits per heavy atom. The van der Waals surface area contributed by atoms with E-state index < -0.39 is 0 Å². The predicted molar refractivity (Wildman–Crippen MR) is 76.6 cm³/mol. The molecule has 18 heavy (non-hydrogen) atoms. The lowest BCUT2D eigenvalue weighted by molar-refractivity contribution is 0.249. The predicted octanol–water partition coefficient (Wildman–Crippen LogP) is 1.65. The Hall–Kier alpha value is -1.01. The van der Waals surface area contributed by atoms with E-state index in [0.29, 0.717) is 18.5 Å². The molecule has 0 aromatic carbocycles. The van der Waals surface area contributed by atoms with Gasteiger partial charge in [-0.1, -0.05) is 0 Å². The van der Waals surface area contributed by atoms with E-state index >= 15 is 0 Å². The van der Waals surface area contributed by atoms with Crippen molar-refractivity contribution >= 4 is 22.4 Å². The highest BCUT2D eigenvalue weighted by atomic mass is 32.1. The number of nitrogens with two attached hydrogens (primary N) is 1. The fraction of sp³-hybridized carbons (Fsp3) is 0.750. The zero-order valence-electron chi connectivity index (χ0n) is 11.3. The fourth-order valence-corrected chi connectivity index (χ4v) is 3.16. The van der Waals surface area contributed by atoms with E-state index in [0.717, 1.165) is 23.8 Å². The zero-order chi connectivity index (χ0) is 13.1. The van der Waals surface area contributed by atoms with Crippen LogP contribution in [0.2, 0.25) is 0 Å². The molecule has 2 N–H and O–H groups in total. The number of anilines is 2. The van der Waals surface area contributed by atoms with Gasteiger partial charge in [0.15, 0.2) is 16.6 Å². The molecular formula is C12H22N4OS. The van der Waals surface area contributed by atoms with Crippen molar-refractivity contribution in [2.45, 2.75) is 25.8 Å². The standard InChI is InChI=1S/C12H22N4OS/c1-4-17-10-11(13)14-18-12(10)16-7-5-9(6-8-16)15(2)3/h9H,4-8H2,1-3H3,(H2,13,14). The Bertz CT molecular complexity index is 385. The van der Waals surface area contributed by atoms with Crippen LogP contribution in [-0.2, 0) is 0 Å². The second kappa shape index (κ2) is 5.75. The van der Waals surface area contributed by atoms with E-state index in [4.69, 9.17) is 10.5 Å². The summed E-state index contributed by atoms with van der Waals surface area (Å²) in [6.07, 6.45) is 2.35. The van der Waals surface area contributed by atoms with Crippen LogP contribution in [0.3, 0.4) is 0 Å². The number of piperidine rings is 1. The number of aromatic nitrogens is 1. The van der Waals surface area contributed by atoms with Gasteiger partial charge in [-0.15, -0.1) is 0 Å². The van der Waals surface area contributed by atoms with Crippen LogP contribution < -0.4 is 15.4 Å². The van der Waals surface area contributed by atoms with Crippen LogP contribution in [0.4, 0.5) is 10.8 Å². The minimum Gasteiger partial charge on any atom is -0.487 e. The molecule has 0 radical (unpaired) electrons. The van der Waals surface area contributed by atoms with Gasteiger partial charge in [0.25, 0.3) is 0 Å². The van der Waals surface area contributed by atoms with Gasteiger partial charge in [-0.2, -0.15) is 4.37 Å². The molecule has 0 bridgehead atoms. The minimum atomic E-state index is 0.520.